The highest BCUT2D eigenvalue weighted by molar-refractivity contribution is 6.02. The van der Waals surface area contributed by atoms with Gasteiger partial charge in [-0.15, -0.1) is 0 Å². The van der Waals surface area contributed by atoms with E-state index in [1.165, 1.54) is 37.4 Å². The van der Waals surface area contributed by atoms with E-state index in [0.717, 1.165) is 6.07 Å². The maximum absolute atomic E-state index is 13.8. The molecule has 1 aromatic heterocycles. The highest BCUT2D eigenvalue weighted by Gasteiger charge is 2.34. The summed E-state index contributed by atoms with van der Waals surface area (Å²) in [5, 5.41) is 8.90. The van der Waals surface area contributed by atoms with Gasteiger partial charge in [0.15, 0.2) is 23.1 Å². The quantitative estimate of drug-likeness (QED) is 0.241. The van der Waals surface area contributed by atoms with Crippen molar-refractivity contribution >= 4 is 11.6 Å². The van der Waals surface area contributed by atoms with Crippen LogP contribution in [0.5, 0.6) is 17.2 Å². The summed E-state index contributed by atoms with van der Waals surface area (Å²) in [6.07, 6.45) is -5.31. The fourth-order valence-corrected chi connectivity index (χ4v) is 3.59. The zero-order valence-corrected chi connectivity index (χ0v) is 20.6. The highest BCUT2D eigenvalue weighted by Crippen LogP contribution is 2.36. The third-order valence-electron chi connectivity index (χ3n) is 5.40. The van der Waals surface area contributed by atoms with Crippen LogP contribution in [0.1, 0.15) is 46.2 Å². The first-order chi connectivity index (χ1) is 18.1. The van der Waals surface area contributed by atoms with Crippen LogP contribution in [0.4, 0.5) is 17.6 Å². The Bertz CT molecular complexity index is 1310. The van der Waals surface area contributed by atoms with Gasteiger partial charge in [-0.2, -0.15) is 13.2 Å². The van der Waals surface area contributed by atoms with Gasteiger partial charge in [-0.25, -0.2) is 9.37 Å². The molecule has 3 rings (SSSR count). The molecule has 0 aliphatic heterocycles. The molecule has 0 aliphatic rings. The van der Waals surface area contributed by atoms with Crippen molar-refractivity contribution in [3.05, 3.63) is 71.2 Å². The van der Waals surface area contributed by atoms with E-state index in [4.69, 9.17) is 19.3 Å². The van der Waals surface area contributed by atoms with E-state index in [0.29, 0.717) is 17.9 Å². The number of methoxy groups -OCH3 is 1. The number of hydrogen-bond acceptors (Lipinski definition) is 7. The number of ketones is 2. The molecule has 11 heteroatoms. The topological polar surface area (TPSA) is 95.0 Å². The third kappa shape index (κ3) is 6.86. The van der Waals surface area contributed by atoms with Gasteiger partial charge in [0.25, 0.3) is 0 Å². The van der Waals surface area contributed by atoms with Gasteiger partial charge in [0, 0.05) is 24.0 Å². The first-order valence-electron chi connectivity index (χ1n) is 11.6. The molecule has 1 N–H and O–H groups in total. The molecule has 0 fully saturated rings. The van der Waals surface area contributed by atoms with E-state index in [2.05, 4.69) is 4.98 Å². The first kappa shape index (κ1) is 28.6. The second kappa shape index (κ2) is 12.5. The normalized spacial score (nSPS) is 11.2. The number of ether oxygens (including phenoxy) is 3. The monoisotopic (exact) mass is 535 g/mol. The molecular weight excluding hydrogens is 510 g/mol. The van der Waals surface area contributed by atoms with Gasteiger partial charge in [0.1, 0.15) is 29.6 Å². The van der Waals surface area contributed by atoms with Crippen molar-refractivity contribution in [3.63, 3.8) is 0 Å². The van der Waals surface area contributed by atoms with Crippen molar-refractivity contribution in [1.82, 2.24) is 4.98 Å². The maximum Gasteiger partial charge on any atom is 0.419 e. The van der Waals surface area contributed by atoms with Gasteiger partial charge in [0.05, 0.1) is 25.9 Å². The summed E-state index contributed by atoms with van der Waals surface area (Å²) in [6.45, 7) is 1.69. The Morgan fingerprint density at radius 1 is 0.921 bits per heavy atom. The van der Waals surface area contributed by atoms with Gasteiger partial charge >= 0.3 is 6.18 Å². The maximum atomic E-state index is 13.8. The second-order valence-electron chi connectivity index (χ2n) is 7.95. The number of benzene rings is 2. The lowest BCUT2D eigenvalue weighted by Crippen LogP contribution is -2.10. The average molecular weight is 535 g/mol. The molecule has 0 saturated heterocycles. The molecule has 0 spiro atoms. The van der Waals surface area contributed by atoms with Crippen LogP contribution in [-0.2, 0) is 6.18 Å². The number of halogens is 4. The van der Waals surface area contributed by atoms with Crippen LogP contribution in [0.25, 0.3) is 11.3 Å². The van der Waals surface area contributed by atoms with E-state index in [1.807, 2.05) is 0 Å². The first-order valence-corrected chi connectivity index (χ1v) is 11.6. The Kier molecular flexibility index (Phi) is 9.40. The number of aliphatic hydroxyl groups excluding tert-OH is 1. The molecule has 0 saturated carbocycles. The van der Waals surface area contributed by atoms with Crippen molar-refractivity contribution in [2.45, 2.75) is 25.9 Å². The van der Waals surface area contributed by atoms with Crippen molar-refractivity contribution in [3.8, 4) is 28.5 Å². The summed E-state index contributed by atoms with van der Waals surface area (Å²) in [5.41, 5.74) is -1.41. The minimum atomic E-state index is -4.93. The lowest BCUT2D eigenvalue weighted by Gasteiger charge is -2.14. The van der Waals surface area contributed by atoms with E-state index in [1.54, 1.807) is 6.92 Å². The molecule has 2 aromatic carbocycles. The molecule has 1 heterocycles. The number of nitrogens with zero attached hydrogens (tertiary/aromatic N) is 1. The Morgan fingerprint density at radius 3 is 2.29 bits per heavy atom. The van der Waals surface area contributed by atoms with Crippen LogP contribution < -0.4 is 14.2 Å². The fraction of sp³-hybridized carbons (Fsp3) is 0.296. The van der Waals surface area contributed by atoms with Crippen molar-refractivity contribution in [1.29, 1.82) is 0 Å². The standard InChI is InChI=1S/C27H25F4NO6/c1-3-37-24-11-7-20(32-26(24)17-4-6-19(28)18(14-17)27(29,30)31)22(35)9-8-21(34)16-5-10-23(38-13-12-33)25(15-16)36-2/h4-7,10-11,14-15,33H,3,8-9,12-13H2,1-2H3. The largest absolute Gasteiger partial charge is 0.493 e. The van der Waals surface area contributed by atoms with Crippen LogP contribution in [0.3, 0.4) is 0 Å². The van der Waals surface area contributed by atoms with E-state index < -0.39 is 23.3 Å². The summed E-state index contributed by atoms with van der Waals surface area (Å²) in [4.78, 5) is 29.7. The van der Waals surface area contributed by atoms with Crippen LogP contribution in [0.2, 0.25) is 0 Å². The molecule has 0 aliphatic carbocycles. The van der Waals surface area contributed by atoms with Gasteiger partial charge in [-0.05, 0) is 55.5 Å². The minimum absolute atomic E-state index is 0.0463. The molecular formula is C27H25F4NO6. The van der Waals surface area contributed by atoms with Crippen LogP contribution in [0.15, 0.2) is 48.5 Å². The number of alkyl halides is 3. The molecule has 0 radical (unpaired) electrons. The van der Waals surface area contributed by atoms with Gasteiger partial charge in [0.2, 0.25) is 0 Å². The van der Waals surface area contributed by atoms with Gasteiger partial charge in [-0.3, -0.25) is 9.59 Å². The molecule has 7 nitrogen and oxygen atoms in total. The Hall–Kier alpha value is -3.99. The molecule has 0 atom stereocenters. The van der Waals surface area contributed by atoms with Crippen molar-refractivity contribution < 1.29 is 46.5 Å². The third-order valence-corrected chi connectivity index (χ3v) is 5.40. The van der Waals surface area contributed by atoms with Gasteiger partial charge < -0.3 is 19.3 Å². The number of aromatic nitrogens is 1. The molecule has 38 heavy (non-hydrogen) atoms. The molecule has 0 unspecified atom stereocenters. The number of pyridine rings is 1. The molecule has 0 amide bonds. The molecule has 3 aromatic rings. The average Bonchev–Trinajstić information content (AvgIpc) is 2.90. The summed E-state index contributed by atoms with van der Waals surface area (Å²) >= 11 is 0. The van der Waals surface area contributed by atoms with Crippen LogP contribution >= 0.6 is 0 Å². The number of aliphatic hydroxyl groups is 1. The van der Waals surface area contributed by atoms with E-state index in [9.17, 15) is 27.2 Å². The summed E-state index contributed by atoms with van der Waals surface area (Å²) in [5.74, 6) is -1.56. The second-order valence-corrected chi connectivity index (χ2v) is 7.95. The number of carbonyl (C=O) groups is 2. The minimum Gasteiger partial charge on any atom is -0.493 e. The Balaban J connectivity index is 1.82. The SMILES string of the molecule is CCOc1ccc(C(=O)CCC(=O)c2ccc(OCCO)c(OC)c2)nc1-c1ccc(F)c(C(F)(F)F)c1. The van der Waals surface area contributed by atoms with E-state index in [-0.39, 0.29) is 72.5 Å². The summed E-state index contributed by atoms with van der Waals surface area (Å²) in [6, 6.07) is 9.63. The zero-order valence-electron chi connectivity index (χ0n) is 20.6. The van der Waals surface area contributed by atoms with Crippen molar-refractivity contribution in [2.24, 2.45) is 0 Å². The van der Waals surface area contributed by atoms with Crippen molar-refractivity contribution in [2.75, 3.05) is 26.9 Å². The number of carbonyl (C=O) groups excluding carboxylic acids is 2. The Labute approximate surface area is 216 Å². The lowest BCUT2D eigenvalue weighted by atomic mass is 10.0. The Morgan fingerprint density at radius 2 is 1.63 bits per heavy atom. The predicted octanol–water partition coefficient (Wildman–Crippen LogP) is 5.53. The van der Waals surface area contributed by atoms with Gasteiger partial charge in [-0.1, -0.05) is 0 Å². The molecule has 202 valence electrons. The van der Waals surface area contributed by atoms with Crippen LogP contribution in [-0.4, -0.2) is 48.6 Å². The van der Waals surface area contributed by atoms with E-state index >= 15 is 0 Å². The highest BCUT2D eigenvalue weighted by atomic mass is 19.4. The zero-order chi connectivity index (χ0) is 27.9. The smallest absolute Gasteiger partial charge is 0.419 e. The number of hydrogen-bond donors (Lipinski definition) is 1. The fourth-order valence-electron chi connectivity index (χ4n) is 3.59. The van der Waals surface area contributed by atoms with Crippen LogP contribution in [0, 0.1) is 5.82 Å². The number of rotatable bonds is 12. The summed E-state index contributed by atoms with van der Waals surface area (Å²) < 4.78 is 69.5. The number of Topliss-reactive ketones (excluding diaryl/α,β-unsaturated/α-hetero) is 2. The summed E-state index contributed by atoms with van der Waals surface area (Å²) in [7, 11) is 1.40. The molecule has 0 bridgehead atoms. The lowest BCUT2D eigenvalue weighted by molar-refractivity contribution is -0.139. The predicted molar refractivity (Wildman–Crippen MR) is 129 cm³/mol.